The number of rotatable bonds is 1. The lowest BCUT2D eigenvalue weighted by Gasteiger charge is -2.34. The van der Waals surface area contributed by atoms with Crippen LogP contribution in [0.4, 0.5) is 4.79 Å². The fourth-order valence-corrected chi connectivity index (χ4v) is 3.60. The number of amides is 1. The number of carbonyl (C=O) groups is 1. The largest absolute Gasteiger partial charge is 0.444 e. The van der Waals surface area contributed by atoms with Crippen molar-refractivity contribution in [1.29, 1.82) is 0 Å². The summed E-state index contributed by atoms with van der Waals surface area (Å²) in [5.74, 6) is -1.33. The van der Waals surface area contributed by atoms with E-state index in [1.165, 1.54) is 0 Å². The summed E-state index contributed by atoms with van der Waals surface area (Å²) in [5, 5.41) is 0. The van der Waals surface area contributed by atoms with Crippen molar-refractivity contribution < 1.29 is 28.5 Å². The van der Waals surface area contributed by atoms with Crippen LogP contribution in [0.2, 0.25) is 0 Å². The molecular formula is C17H29NO6. The summed E-state index contributed by atoms with van der Waals surface area (Å²) in [4.78, 5) is 14.4. The Morgan fingerprint density at radius 3 is 2.21 bits per heavy atom. The zero-order valence-electron chi connectivity index (χ0n) is 15.6. The van der Waals surface area contributed by atoms with E-state index >= 15 is 0 Å². The molecule has 1 amide bonds. The zero-order chi connectivity index (χ0) is 17.9. The number of hydrogen-bond acceptors (Lipinski definition) is 6. The third-order valence-electron chi connectivity index (χ3n) is 4.33. The first-order valence-corrected chi connectivity index (χ1v) is 8.54. The van der Waals surface area contributed by atoms with E-state index in [-0.39, 0.29) is 30.4 Å². The highest BCUT2D eigenvalue weighted by molar-refractivity contribution is 5.69. The van der Waals surface area contributed by atoms with Crippen LogP contribution in [0.25, 0.3) is 0 Å². The highest BCUT2D eigenvalue weighted by Crippen LogP contribution is 2.41. The fourth-order valence-electron chi connectivity index (χ4n) is 3.60. The Morgan fingerprint density at radius 1 is 1.04 bits per heavy atom. The van der Waals surface area contributed by atoms with Crippen molar-refractivity contribution in [3.63, 3.8) is 0 Å². The SMILES string of the molecule is CC(C)(C)OC(=O)N1C[C@@H]2OC(C)(C)O[C@@H]2[C@H]1[C@H]1COC(C)(C)O1. The monoisotopic (exact) mass is 343 g/mol. The van der Waals surface area contributed by atoms with Crippen LogP contribution in [0.1, 0.15) is 48.5 Å². The third kappa shape index (κ3) is 3.54. The quantitative estimate of drug-likeness (QED) is 0.728. The predicted octanol–water partition coefficient (Wildman–Crippen LogP) is 2.28. The number of ether oxygens (including phenoxy) is 5. The molecule has 7 nitrogen and oxygen atoms in total. The van der Waals surface area contributed by atoms with Crippen molar-refractivity contribution in [2.45, 2.75) is 90.0 Å². The molecule has 0 bridgehead atoms. The molecule has 3 fully saturated rings. The van der Waals surface area contributed by atoms with Crippen LogP contribution in [0.5, 0.6) is 0 Å². The molecule has 0 N–H and O–H groups in total. The van der Waals surface area contributed by atoms with Crippen molar-refractivity contribution in [2.75, 3.05) is 13.2 Å². The number of carbonyl (C=O) groups excluding carboxylic acids is 1. The Kier molecular flexibility index (Phi) is 4.15. The first-order valence-electron chi connectivity index (χ1n) is 8.54. The minimum Gasteiger partial charge on any atom is -0.444 e. The van der Waals surface area contributed by atoms with Gasteiger partial charge in [0.15, 0.2) is 11.6 Å². The van der Waals surface area contributed by atoms with Gasteiger partial charge in [0.1, 0.15) is 23.9 Å². The van der Waals surface area contributed by atoms with Crippen LogP contribution >= 0.6 is 0 Å². The molecule has 0 saturated carbocycles. The van der Waals surface area contributed by atoms with Gasteiger partial charge in [-0.25, -0.2) is 4.79 Å². The van der Waals surface area contributed by atoms with E-state index in [0.29, 0.717) is 13.2 Å². The minimum absolute atomic E-state index is 0.190. The van der Waals surface area contributed by atoms with Gasteiger partial charge in [-0.2, -0.15) is 0 Å². The Labute approximate surface area is 143 Å². The lowest BCUT2D eigenvalue weighted by Crippen LogP contribution is -2.51. The molecule has 0 aromatic carbocycles. The van der Waals surface area contributed by atoms with E-state index in [1.807, 2.05) is 48.5 Å². The van der Waals surface area contributed by atoms with Crippen LogP contribution in [0, 0.1) is 0 Å². The average molecular weight is 343 g/mol. The minimum atomic E-state index is -0.669. The lowest BCUT2D eigenvalue weighted by molar-refractivity contribution is -0.175. The van der Waals surface area contributed by atoms with Crippen molar-refractivity contribution in [3.05, 3.63) is 0 Å². The van der Waals surface area contributed by atoms with E-state index in [0.717, 1.165) is 0 Å². The van der Waals surface area contributed by atoms with Gasteiger partial charge in [-0.05, 0) is 48.5 Å². The lowest BCUT2D eigenvalue weighted by atomic mass is 10.1. The van der Waals surface area contributed by atoms with Gasteiger partial charge in [0.05, 0.1) is 19.2 Å². The van der Waals surface area contributed by atoms with Gasteiger partial charge in [0, 0.05) is 0 Å². The molecule has 3 saturated heterocycles. The van der Waals surface area contributed by atoms with Gasteiger partial charge in [0.25, 0.3) is 0 Å². The van der Waals surface area contributed by atoms with Crippen molar-refractivity contribution in [2.24, 2.45) is 0 Å². The molecule has 24 heavy (non-hydrogen) atoms. The standard InChI is InChI=1S/C17H29NO6/c1-15(2,3)24-14(19)18-8-10-13(23-17(6,7)21-10)12(18)11-9-20-16(4,5)22-11/h10-13H,8-9H2,1-7H3/t10-,11+,12+,13-/m0/s1. The molecule has 0 unspecified atom stereocenters. The molecule has 3 aliphatic heterocycles. The molecule has 4 atom stereocenters. The van der Waals surface area contributed by atoms with Gasteiger partial charge >= 0.3 is 6.09 Å². The molecular weight excluding hydrogens is 314 g/mol. The Hall–Kier alpha value is -0.890. The summed E-state index contributed by atoms with van der Waals surface area (Å²) in [7, 11) is 0. The summed E-state index contributed by atoms with van der Waals surface area (Å²) >= 11 is 0. The van der Waals surface area contributed by atoms with E-state index < -0.39 is 17.2 Å². The van der Waals surface area contributed by atoms with Crippen LogP contribution in [-0.2, 0) is 23.7 Å². The normalized spacial score (nSPS) is 37.5. The smallest absolute Gasteiger partial charge is 0.410 e. The summed E-state index contributed by atoms with van der Waals surface area (Å²) in [6.45, 7) is 13.9. The highest BCUT2D eigenvalue weighted by Gasteiger charge is 2.58. The maximum absolute atomic E-state index is 12.7. The van der Waals surface area contributed by atoms with Crippen LogP contribution in [0.3, 0.4) is 0 Å². The summed E-state index contributed by atoms with van der Waals surface area (Å²) < 4.78 is 29.3. The van der Waals surface area contributed by atoms with Gasteiger partial charge < -0.3 is 23.7 Å². The molecule has 3 aliphatic rings. The maximum atomic E-state index is 12.7. The molecule has 0 aromatic rings. The first-order chi connectivity index (χ1) is 10.9. The van der Waals surface area contributed by atoms with E-state index in [9.17, 15) is 4.79 Å². The summed E-state index contributed by atoms with van der Waals surface area (Å²) in [6, 6.07) is -0.298. The summed E-state index contributed by atoms with van der Waals surface area (Å²) in [6.07, 6.45) is -1.10. The zero-order valence-corrected chi connectivity index (χ0v) is 15.6. The molecule has 3 rings (SSSR count). The maximum Gasteiger partial charge on any atom is 0.410 e. The number of fused-ring (bicyclic) bond motifs is 1. The van der Waals surface area contributed by atoms with Crippen LogP contribution < -0.4 is 0 Å². The second kappa shape index (κ2) is 5.56. The average Bonchev–Trinajstić information content (AvgIpc) is 2.96. The summed E-state index contributed by atoms with van der Waals surface area (Å²) in [5.41, 5.74) is -0.563. The molecule has 0 spiro atoms. The van der Waals surface area contributed by atoms with Crippen LogP contribution in [0.15, 0.2) is 0 Å². The molecule has 0 aromatic heterocycles. The Balaban J connectivity index is 1.82. The molecule has 3 heterocycles. The van der Waals surface area contributed by atoms with Crippen molar-refractivity contribution >= 4 is 6.09 Å². The van der Waals surface area contributed by atoms with E-state index in [1.54, 1.807) is 4.90 Å². The number of likely N-dealkylation sites (tertiary alicyclic amines) is 1. The van der Waals surface area contributed by atoms with E-state index in [2.05, 4.69) is 0 Å². The van der Waals surface area contributed by atoms with Gasteiger partial charge in [-0.1, -0.05) is 0 Å². The second-order valence-electron chi connectivity index (χ2n) is 8.63. The van der Waals surface area contributed by atoms with Crippen molar-refractivity contribution in [1.82, 2.24) is 4.90 Å². The van der Waals surface area contributed by atoms with Crippen LogP contribution in [-0.4, -0.2) is 65.7 Å². The Morgan fingerprint density at radius 2 is 1.67 bits per heavy atom. The van der Waals surface area contributed by atoms with Gasteiger partial charge in [-0.15, -0.1) is 0 Å². The van der Waals surface area contributed by atoms with E-state index in [4.69, 9.17) is 23.7 Å². The second-order valence-corrected chi connectivity index (χ2v) is 8.63. The third-order valence-corrected chi connectivity index (χ3v) is 4.33. The fraction of sp³-hybridized carbons (Fsp3) is 0.941. The Bertz CT molecular complexity index is 512. The number of nitrogens with zero attached hydrogens (tertiary/aromatic N) is 1. The topological polar surface area (TPSA) is 66.5 Å². The van der Waals surface area contributed by atoms with Gasteiger partial charge in [0.2, 0.25) is 0 Å². The molecule has 7 heteroatoms. The highest BCUT2D eigenvalue weighted by atomic mass is 16.8. The number of hydrogen-bond donors (Lipinski definition) is 0. The van der Waals surface area contributed by atoms with Gasteiger partial charge in [-0.3, -0.25) is 4.90 Å². The van der Waals surface area contributed by atoms with Crippen molar-refractivity contribution in [3.8, 4) is 0 Å². The molecule has 0 radical (unpaired) electrons. The first kappa shape index (κ1) is 17.9. The molecule has 138 valence electrons. The molecule has 0 aliphatic carbocycles. The predicted molar refractivity (Wildman–Crippen MR) is 85.5 cm³/mol.